The molecule has 19 heavy (non-hydrogen) atoms. The largest absolute Gasteiger partial charge is 0.495 e. The van der Waals surface area contributed by atoms with Crippen molar-refractivity contribution in [2.24, 2.45) is 0 Å². The quantitative estimate of drug-likeness (QED) is 0.777. The van der Waals surface area contributed by atoms with Gasteiger partial charge in [-0.25, -0.2) is 8.42 Å². The van der Waals surface area contributed by atoms with E-state index in [0.29, 0.717) is 5.69 Å². The van der Waals surface area contributed by atoms with Crippen LogP contribution in [0.3, 0.4) is 0 Å². The van der Waals surface area contributed by atoms with Gasteiger partial charge in [-0.15, -0.1) is 0 Å². The van der Waals surface area contributed by atoms with E-state index in [1.54, 1.807) is 13.8 Å². The van der Waals surface area contributed by atoms with Gasteiger partial charge < -0.3 is 15.6 Å². The highest BCUT2D eigenvalue weighted by atomic mass is 32.2. The average Bonchev–Trinajstić information content (AvgIpc) is 2.37. The maximum absolute atomic E-state index is 12.5. The molecule has 0 saturated carbocycles. The Labute approximate surface area is 113 Å². The topological polar surface area (TPSA) is 92.9 Å². The number of nitrogen functional groups attached to an aromatic ring is 1. The van der Waals surface area contributed by atoms with Crippen LogP contribution in [0.1, 0.15) is 13.8 Å². The van der Waals surface area contributed by atoms with Gasteiger partial charge in [0.05, 0.1) is 19.3 Å². The first-order valence-corrected chi connectivity index (χ1v) is 7.14. The number of methoxy groups -OCH3 is 1. The van der Waals surface area contributed by atoms with E-state index in [4.69, 9.17) is 10.5 Å². The normalized spacial score (nSPS) is 12.7. The van der Waals surface area contributed by atoms with E-state index < -0.39 is 15.6 Å². The van der Waals surface area contributed by atoms with E-state index in [9.17, 15) is 13.5 Å². The number of hydrogen-bond acceptors (Lipinski definition) is 5. The Bertz CT molecular complexity index is 555. The van der Waals surface area contributed by atoms with E-state index in [2.05, 4.69) is 0 Å². The summed E-state index contributed by atoms with van der Waals surface area (Å²) in [6.07, 6.45) is 0. The van der Waals surface area contributed by atoms with E-state index in [-0.39, 0.29) is 17.3 Å². The summed E-state index contributed by atoms with van der Waals surface area (Å²) in [5.74, 6) is 0.181. The molecule has 0 aromatic heterocycles. The monoisotopic (exact) mass is 288 g/mol. The van der Waals surface area contributed by atoms with E-state index in [1.165, 1.54) is 32.4 Å². The summed E-state index contributed by atoms with van der Waals surface area (Å²) >= 11 is 0. The standard InChI is InChI=1S/C12H20N2O4S/c1-12(2,8-15)14(3)19(16,17)11-6-5-9(13)7-10(11)18-4/h5-7,15H,8,13H2,1-4H3. The Kier molecular flexibility index (Phi) is 4.44. The SMILES string of the molecule is COc1cc(N)ccc1S(=O)(=O)N(C)C(C)(C)CO. The summed E-state index contributed by atoms with van der Waals surface area (Å²) in [4.78, 5) is 0.0215. The lowest BCUT2D eigenvalue weighted by molar-refractivity contribution is 0.137. The van der Waals surface area contributed by atoms with Crippen molar-refractivity contribution in [2.45, 2.75) is 24.3 Å². The van der Waals surface area contributed by atoms with Gasteiger partial charge in [-0.2, -0.15) is 4.31 Å². The second kappa shape index (κ2) is 5.36. The first kappa shape index (κ1) is 15.7. The van der Waals surface area contributed by atoms with Crippen LogP contribution in [0.2, 0.25) is 0 Å². The fourth-order valence-electron chi connectivity index (χ4n) is 1.47. The Morgan fingerprint density at radius 3 is 2.47 bits per heavy atom. The average molecular weight is 288 g/mol. The van der Waals surface area contributed by atoms with Gasteiger partial charge in [-0.3, -0.25) is 0 Å². The molecule has 0 atom stereocenters. The van der Waals surface area contributed by atoms with Crippen LogP contribution in [-0.2, 0) is 10.0 Å². The van der Waals surface area contributed by atoms with Crippen LogP contribution in [0, 0.1) is 0 Å². The lowest BCUT2D eigenvalue weighted by Crippen LogP contribution is -2.47. The molecule has 0 spiro atoms. The zero-order valence-corrected chi connectivity index (χ0v) is 12.4. The molecule has 0 radical (unpaired) electrons. The number of sulfonamides is 1. The van der Waals surface area contributed by atoms with E-state index >= 15 is 0 Å². The molecule has 108 valence electrons. The third kappa shape index (κ3) is 2.99. The third-order valence-corrected chi connectivity index (χ3v) is 5.17. The molecule has 0 fully saturated rings. The van der Waals surface area contributed by atoms with Crippen molar-refractivity contribution in [2.75, 3.05) is 26.5 Å². The van der Waals surface area contributed by atoms with Crippen LogP contribution in [-0.4, -0.2) is 44.1 Å². The van der Waals surface area contributed by atoms with Crippen molar-refractivity contribution < 1.29 is 18.3 Å². The first-order valence-electron chi connectivity index (χ1n) is 5.70. The molecule has 0 amide bonds. The summed E-state index contributed by atoms with van der Waals surface area (Å²) in [6, 6.07) is 4.34. The number of likely N-dealkylation sites (N-methyl/N-ethyl adjacent to an activating group) is 1. The highest BCUT2D eigenvalue weighted by Gasteiger charge is 2.35. The van der Waals surface area contributed by atoms with Gasteiger partial charge in [0, 0.05) is 18.8 Å². The molecule has 1 rings (SSSR count). The highest BCUT2D eigenvalue weighted by molar-refractivity contribution is 7.89. The fraction of sp³-hybridized carbons (Fsp3) is 0.500. The number of ether oxygens (including phenoxy) is 1. The lowest BCUT2D eigenvalue weighted by Gasteiger charge is -2.33. The summed E-state index contributed by atoms with van der Waals surface area (Å²) in [5.41, 5.74) is 5.11. The third-order valence-electron chi connectivity index (χ3n) is 3.07. The maximum atomic E-state index is 12.5. The zero-order chi connectivity index (χ0) is 14.8. The molecule has 0 bridgehead atoms. The van der Waals surface area contributed by atoms with Crippen molar-refractivity contribution in [1.82, 2.24) is 4.31 Å². The summed E-state index contributed by atoms with van der Waals surface area (Å²) < 4.78 is 31.2. The zero-order valence-electron chi connectivity index (χ0n) is 11.5. The molecule has 0 saturated heterocycles. The van der Waals surface area contributed by atoms with Crippen LogP contribution in [0.25, 0.3) is 0 Å². The summed E-state index contributed by atoms with van der Waals surface area (Å²) in [7, 11) is -0.978. The predicted octanol–water partition coefficient (Wildman–Crippen LogP) is 0.669. The van der Waals surface area contributed by atoms with Crippen LogP contribution < -0.4 is 10.5 Å². The lowest BCUT2D eigenvalue weighted by atomic mass is 10.1. The number of hydrogen-bond donors (Lipinski definition) is 2. The number of aliphatic hydroxyl groups excluding tert-OH is 1. The molecule has 1 aromatic carbocycles. The van der Waals surface area contributed by atoms with Crippen LogP contribution in [0.5, 0.6) is 5.75 Å². The van der Waals surface area contributed by atoms with E-state index in [0.717, 1.165) is 4.31 Å². The van der Waals surface area contributed by atoms with Gasteiger partial charge in [0.2, 0.25) is 10.0 Å². The molecule has 0 aliphatic heterocycles. The van der Waals surface area contributed by atoms with Gasteiger partial charge >= 0.3 is 0 Å². The predicted molar refractivity (Wildman–Crippen MR) is 73.5 cm³/mol. The van der Waals surface area contributed by atoms with Crippen molar-refractivity contribution in [1.29, 1.82) is 0 Å². The minimum Gasteiger partial charge on any atom is -0.495 e. The molecule has 0 aliphatic carbocycles. The molecular weight excluding hydrogens is 268 g/mol. The Hall–Kier alpha value is -1.31. The number of benzene rings is 1. The van der Waals surface area contributed by atoms with Gasteiger partial charge in [0.25, 0.3) is 0 Å². The number of aliphatic hydroxyl groups is 1. The van der Waals surface area contributed by atoms with Crippen LogP contribution in [0.15, 0.2) is 23.1 Å². The van der Waals surface area contributed by atoms with Crippen molar-refractivity contribution >= 4 is 15.7 Å². The molecule has 3 N–H and O–H groups in total. The van der Waals surface area contributed by atoms with Gasteiger partial charge in [0.1, 0.15) is 10.6 Å². The number of rotatable bonds is 5. The van der Waals surface area contributed by atoms with Crippen LogP contribution >= 0.6 is 0 Å². The van der Waals surface area contributed by atoms with Gasteiger partial charge in [0.15, 0.2) is 0 Å². The van der Waals surface area contributed by atoms with Gasteiger partial charge in [-0.1, -0.05) is 0 Å². The summed E-state index contributed by atoms with van der Waals surface area (Å²) in [5, 5.41) is 9.29. The Morgan fingerprint density at radius 2 is 2.00 bits per heavy atom. The smallest absolute Gasteiger partial charge is 0.247 e. The van der Waals surface area contributed by atoms with Crippen molar-refractivity contribution in [3.8, 4) is 5.75 Å². The number of anilines is 1. The molecule has 0 unspecified atom stereocenters. The number of nitrogens with zero attached hydrogens (tertiary/aromatic N) is 1. The second-order valence-corrected chi connectivity index (χ2v) is 6.79. The van der Waals surface area contributed by atoms with Gasteiger partial charge in [-0.05, 0) is 26.0 Å². The maximum Gasteiger partial charge on any atom is 0.247 e. The highest BCUT2D eigenvalue weighted by Crippen LogP contribution is 2.30. The Balaban J connectivity index is 3.36. The molecule has 0 heterocycles. The fourth-order valence-corrected chi connectivity index (χ4v) is 3.11. The minimum atomic E-state index is -3.78. The van der Waals surface area contributed by atoms with Crippen molar-refractivity contribution in [3.63, 3.8) is 0 Å². The van der Waals surface area contributed by atoms with Crippen molar-refractivity contribution in [3.05, 3.63) is 18.2 Å². The van der Waals surface area contributed by atoms with E-state index in [1.807, 2.05) is 0 Å². The van der Waals surface area contributed by atoms with Crippen LogP contribution in [0.4, 0.5) is 5.69 Å². The minimum absolute atomic E-state index is 0.0215. The summed E-state index contributed by atoms with van der Waals surface area (Å²) in [6.45, 7) is 2.97. The second-order valence-electron chi connectivity index (χ2n) is 4.85. The molecule has 0 aliphatic rings. The molecule has 7 heteroatoms. The molecular formula is C12H20N2O4S. The Morgan fingerprint density at radius 1 is 1.42 bits per heavy atom. The first-order chi connectivity index (χ1) is 8.66. The number of nitrogens with two attached hydrogens (primary N) is 1. The molecule has 1 aromatic rings. The molecule has 6 nitrogen and oxygen atoms in total.